The molecule has 2 heterocycles. The van der Waals surface area contributed by atoms with Gasteiger partial charge in [0.15, 0.2) is 6.61 Å². The first kappa shape index (κ1) is 20.4. The van der Waals surface area contributed by atoms with Gasteiger partial charge in [-0.05, 0) is 56.5 Å². The minimum absolute atomic E-state index is 0.196. The molecule has 0 amide bonds. The number of ether oxygens (including phenoxy) is 2. The highest BCUT2D eigenvalue weighted by molar-refractivity contribution is 6.30. The fraction of sp³-hybridized carbons (Fsp3) is 0.364. The summed E-state index contributed by atoms with van der Waals surface area (Å²) in [5, 5.41) is 0.587. The maximum absolute atomic E-state index is 12.5. The van der Waals surface area contributed by atoms with Crippen LogP contribution in [0.3, 0.4) is 0 Å². The van der Waals surface area contributed by atoms with E-state index in [9.17, 15) is 9.59 Å². The van der Waals surface area contributed by atoms with E-state index in [-0.39, 0.29) is 18.5 Å². The van der Waals surface area contributed by atoms with E-state index in [1.807, 2.05) is 26.0 Å². The van der Waals surface area contributed by atoms with Crippen LogP contribution in [0.2, 0.25) is 5.02 Å². The molecule has 0 spiro atoms. The molecule has 0 bridgehead atoms. The Hall–Kier alpha value is -2.37. The summed E-state index contributed by atoms with van der Waals surface area (Å²) < 4.78 is 12.9. The lowest BCUT2D eigenvalue weighted by Crippen LogP contribution is -2.18. The summed E-state index contributed by atoms with van der Waals surface area (Å²) in [6.45, 7) is 5.14. The van der Waals surface area contributed by atoms with Crippen molar-refractivity contribution in [2.75, 3.05) is 13.2 Å². The molecule has 0 aliphatic carbocycles. The first-order valence-electron chi connectivity index (χ1n) is 9.36. The maximum atomic E-state index is 12.5. The van der Waals surface area contributed by atoms with Crippen LogP contribution in [0.1, 0.15) is 40.2 Å². The standard InChI is InChI=1S/C22H24ClNO4/c1-15-11-20(16(2)24(15)13-19-7-4-10-27-19)21(25)14-28-22(26)9-8-17-5-3-6-18(23)12-17/h3,5-6,8-9,11-12,19H,4,7,10,13-14H2,1-2H3. The number of Topliss-reactive ketones (excluding diaryl/α,β-unsaturated/α-hetero) is 1. The molecule has 5 nitrogen and oxygen atoms in total. The number of carbonyl (C=O) groups is 2. The molecule has 1 aromatic carbocycles. The number of hydrogen-bond donors (Lipinski definition) is 0. The third kappa shape index (κ3) is 5.12. The van der Waals surface area contributed by atoms with Crippen molar-refractivity contribution in [1.29, 1.82) is 0 Å². The largest absolute Gasteiger partial charge is 0.454 e. The molecule has 0 saturated carbocycles. The molecule has 1 saturated heterocycles. The fourth-order valence-corrected chi connectivity index (χ4v) is 3.59. The van der Waals surface area contributed by atoms with E-state index < -0.39 is 5.97 Å². The predicted molar refractivity (Wildman–Crippen MR) is 109 cm³/mol. The Bertz CT molecular complexity index is 894. The predicted octanol–water partition coefficient (Wildman–Crippen LogP) is 4.38. The number of rotatable bonds is 7. The van der Waals surface area contributed by atoms with E-state index in [4.69, 9.17) is 21.1 Å². The Labute approximate surface area is 169 Å². The number of carbonyl (C=O) groups excluding carboxylic acids is 2. The monoisotopic (exact) mass is 401 g/mol. The van der Waals surface area contributed by atoms with E-state index in [1.54, 1.807) is 24.3 Å². The number of ketones is 1. The highest BCUT2D eigenvalue weighted by atomic mass is 35.5. The quantitative estimate of drug-likeness (QED) is 0.392. The maximum Gasteiger partial charge on any atom is 0.331 e. The molecule has 1 aliphatic rings. The van der Waals surface area contributed by atoms with Crippen LogP contribution in [-0.4, -0.2) is 35.6 Å². The number of benzene rings is 1. The van der Waals surface area contributed by atoms with E-state index in [1.165, 1.54) is 6.08 Å². The minimum Gasteiger partial charge on any atom is -0.454 e. The number of aryl methyl sites for hydroxylation is 1. The average Bonchev–Trinajstić information content (AvgIpc) is 3.28. The number of hydrogen-bond acceptors (Lipinski definition) is 4. The summed E-state index contributed by atoms with van der Waals surface area (Å²) in [4.78, 5) is 24.4. The zero-order valence-electron chi connectivity index (χ0n) is 16.1. The van der Waals surface area contributed by atoms with Crippen LogP contribution in [0.15, 0.2) is 36.4 Å². The lowest BCUT2D eigenvalue weighted by atomic mass is 10.1. The Morgan fingerprint density at radius 3 is 2.86 bits per heavy atom. The van der Waals surface area contributed by atoms with Crippen molar-refractivity contribution in [1.82, 2.24) is 4.57 Å². The minimum atomic E-state index is -0.568. The van der Waals surface area contributed by atoms with Crippen molar-refractivity contribution in [3.8, 4) is 0 Å². The van der Waals surface area contributed by atoms with Crippen LogP contribution < -0.4 is 0 Å². The van der Waals surface area contributed by atoms with Gasteiger partial charge in [0.2, 0.25) is 5.78 Å². The SMILES string of the molecule is Cc1cc(C(=O)COC(=O)C=Cc2cccc(Cl)c2)c(C)n1CC1CCCO1. The van der Waals surface area contributed by atoms with Crippen molar-refractivity contribution in [3.05, 3.63) is 63.9 Å². The Morgan fingerprint density at radius 2 is 2.14 bits per heavy atom. The second kappa shape index (κ2) is 9.22. The normalized spacial score (nSPS) is 16.6. The van der Waals surface area contributed by atoms with E-state index in [0.717, 1.165) is 42.9 Å². The summed E-state index contributed by atoms with van der Waals surface area (Å²) >= 11 is 5.91. The zero-order chi connectivity index (χ0) is 20.1. The summed E-state index contributed by atoms with van der Waals surface area (Å²) in [6.07, 6.45) is 5.21. The van der Waals surface area contributed by atoms with Crippen LogP contribution in [0, 0.1) is 13.8 Å². The van der Waals surface area contributed by atoms with Gasteiger partial charge in [-0.15, -0.1) is 0 Å². The fourth-order valence-electron chi connectivity index (χ4n) is 3.39. The van der Waals surface area contributed by atoms with E-state index in [2.05, 4.69) is 4.57 Å². The summed E-state index contributed by atoms with van der Waals surface area (Å²) in [5.74, 6) is -0.780. The lowest BCUT2D eigenvalue weighted by Gasteiger charge is -2.14. The number of nitrogens with zero attached hydrogens (tertiary/aromatic N) is 1. The highest BCUT2D eigenvalue weighted by Crippen LogP contribution is 2.21. The molecule has 6 heteroatoms. The summed E-state index contributed by atoms with van der Waals surface area (Å²) in [5.41, 5.74) is 3.25. The molecule has 148 valence electrons. The molecule has 3 rings (SSSR count). The molecular weight excluding hydrogens is 378 g/mol. The Balaban J connectivity index is 1.57. The van der Waals surface area contributed by atoms with E-state index in [0.29, 0.717) is 10.6 Å². The van der Waals surface area contributed by atoms with Gasteiger partial charge >= 0.3 is 5.97 Å². The van der Waals surface area contributed by atoms with Gasteiger partial charge in [0.1, 0.15) is 0 Å². The second-order valence-corrected chi connectivity index (χ2v) is 7.39. The molecule has 2 aromatic rings. The molecule has 1 aliphatic heterocycles. The van der Waals surface area contributed by atoms with Crippen molar-refractivity contribution < 1.29 is 19.1 Å². The van der Waals surface area contributed by atoms with Gasteiger partial charge in [0.25, 0.3) is 0 Å². The molecule has 1 atom stereocenters. The van der Waals surface area contributed by atoms with Crippen LogP contribution in [0.5, 0.6) is 0 Å². The Morgan fingerprint density at radius 1 is 1.32 bits per heavy atom. The molecule has 1 fully saturated rings. The van der Waals surface area contributed by atoms with Crippen molar-refractivity contribution in [2.45, 2.75) is 39.3 Å². The topological polar surface area (TPSA) is 57.5 Å². The van der Waals surface area contributed by atoms with Crippen LogP contribution in [-0.2, 0) is 20.8 Å². The van der Waals surface area contributed by atoms with Gasteiger partial charge in [-0.25, -0.2) is 4.79 Å². The molecule has 0 N–H and O–H groups in total. The number of halogens is 1. The van der Waals surface area contributed by atoms with Crippen molar-refractivity contribution in [3.63, 3.8) is 0 Å². The first-order valence-corrected chi connectivity index (χ1v) is 9.74. The smallest absolute Gasteiger partial charge is 0.331 e. The van der Waals surface area contributed by atoms with Crippen LogP contribution >= 0.6 is 11.6 Å². The molecule has 0 radical (unpaired) electrons. The number of aromatic nitrogens is 1. The van der Waals surface area contributed by atoms with E-state index >= 15 is 0 Å². The van der Waals surface area contributed by atoms with Gasteiger partial charge in [-0.1, -0.05) is 23.7 Å². The van der Waals surface area contributed by atoms with Crippen LogP contribution in [0.4, 0.5) is 0 Å². The van der Waals surface area contributed by atoms with Crippen molar-refractivity contribution in [2.24, 2.45) is 0 Å². The first-order chi connectivity index (χ1) is 13.4. The summed E-state index contributed by atoms with van der Waals surface area (Å²) in [7, 11) is 0. The van der Waals surface area contributed by atoms with Gasteiger partial charge in [0, 0.05) is 41.2 Å². The van der Waals surface area contributed by atoms with Gasteiger partial charge in [-0.2, -0.15) is 0 Å². The molecule has 1 unspecified atom stereocenters. The molecule has 1 aromatic heterocycles. The molecular formula is C22H24ClNO4. The van der Waals surface area contributed by atoms with Gasteiger partial charge in [-0.3, -0.25) is 4.79 Å². The van der Waals surface area contributed by atoms with Gasteiger partial charge in [0.05, 0.1) is 6.10 Å². The third-order valence-corrected chi connectivity index (χ3v) is 5.13. The molecule has 28 heavy (non-hydrogen) atoms. The van der Waals surface area contributed by atoms with Gasteiger partial charge < -0.3 is 14.0 Å². The Kier molecular flexibility index (Phi) is 6.70. The zero-order valence-corrected chi connectivity index (χ0v) is 16.9. The van der Waals surface area contributed by atoms with Crippen molar-refractivity contribution >= 4 is 29.4 Å². The average molecular weight is 402 g/mol. The van der Waals surface area contributed by atoms with Crippen LogP contribution in [0.25, 0.3) is 6.08 Å². The lowest BCUT2D eigenvalue weighted by molar-refractivity contribution is -0.136. The number of esters is 1. The summed E-state index contributed by atoms with van der Waals surface area (Å²) in [6, 6.07) is 8.96. The highest BCUT2D eigenvalue weighted by Gasteiger charge is 2.21. The second-order valence-electron chi connectivity index (χ2n) is 6.95. The third-order valence-electron chi connectivity index (χ3n) is 4.89.